The largest absolute Gasteiger partial charge is 0.383 e. The molecule has 24 heavy (non-hydrogen) atoms. The van der Waals surface area contributed by atoms with Crippen molar-refractivity contribution >= 4 is 17.4 Å². The number of amides is 1. The number of aromatic nitrogens is 4. The van der Waals surface area contributed by atoms with Crippen LogP contribution >= 0.6 is 0 Å². The molecule has 0 aromatic carbocycles. The van der Waals surface area contributed by atoms with Gasteiger partial charge in [0.2, 0.25) is 5.91 Å². The van der Waals surface area contributed by atoms with E-state index < -0.39 is 0 Å². The van der Waals surface area contributed by atoms with Gasteiger partial charge in [0.15, 0.2) is 11.5 Å². The number of fused-ring (bicyclic) bond motifs is 1. The van der Waals surface area contributed by atoms with Gasteiger partial charge in [0.1, 0.15) is 5.82 Å². The van der Waals surface area contributed by atoms with Crippen LogP contribution < -0.4 is 10.2 Å². The number of aryl methyl sites for hydroxylation is 1. The van der Waals surface area contributed by atoms with Gasteiger partial charge in [-0.1, -0.05) is 0 Å². The quantitative estimate of drug-likeness (QED) is 0.701. The molecule has 9 nitrogen and oxygen atoms in total. The Labute approximate surface area is 140 Å². The standard InChI is InChI=1S/C15H23N7O2/c1-12-17-18-13-3-4-14(19-22(12)13)21-8-6-20(7-9-21)11-15(23)16-5-10-24-2/h3-4H,5-11H2,1-2H3,(H,16,23). The third kappa shape index (κ3) is 3.80. The maximum Gasteiger partial charge on any atom is 0.234 e. The second-order valence-electron chi connectivity index (χ2n) is 5.81. The maximum absolute atomic E-state index is 11.8. The Morgan fingerprint density at radius 2 is 2.04 bits per heavy atom. The van der Waals surface area contributed by atoms with Crippen LogP contribution in [0.5, 0.6) is 0 Å². The normalized spacial score (nSPS) is 15.8. The van der Waals surface area contributed by atoms with Gasteiger partial charge in [-0.25, -0.2) is 0 Å². The summed E-state index contributed by atoms with van der Waals surface area (Å²) < 4.78 is 6.68. The van der Waals surface area contributed by atoms with Crippen molar-refractivity contribution in [2.24, 2.45) is 0 Å². The number of anilines is 1. The van der Waals surface area contributed by atoms with E-state index in [1.54, 1.807) is 11.6 Å². The van der Waals surface area contributed by atoms with Crippen molar-refractivity contribution in [3.8, 4) is 0 Å². The number of carbonyl (C=O) groups is 1. The predicted octanol–water partition coefficient (Wildman–Crippen LogP) is -0.683. The van der Waals surface area contributed by atoms with Crippen molar-refractivity contribution in [3.05, 3.63) is 18.0 Å². The highest BCUT2D eigenvalue weighted by atomic mass is 16.5. The molecule has 1 N–H and O–H groups in total. The highest BCUT2D eigenvalue weighted by Crippen LogP contribution is 2.14. The number of piperazine rings is 1. The lowest BCUT2D eigenvalue weighted by Crippen LogP contribution is -2.50. The van der Waals surface area contributed by atoms with Crippen molar-refractivity contribution in [2.75, 3.05) is 57.9 Å². The fraction of sp³-hybridized carbons (Fsp3) is 0.600. The Morgan fingerprint density at radius 3 is 2.79 bits per heavy atom. The summed E-state index contributed by atoms with van der Waals surface area (Å²) in [6, 6.07) is 3.90. The minimum Gasteiger partial charge on any atom is -0.383 e. The number of nitrogens with one attached hydrogen (secondary N) is 1. The van der Waals surface area contributed by atoms with E-state index in [0.717, 1.165) is 43.5 Å². The molecule has 0 atom stereocenters. The summed E-state index contributed by atoms with van der Waals surface area (Å²) in [5.74, 6) is 1.73. The SMILES string of the molecule is COCCNC(=O)CN1CCN(c2ccc3nnc(C)n3n2)CC1. The lowest BCUT2D eigenvalue weighted by Gasteiger charge is -2.34. The van der Waals surface area contributed by atoms with Crippen molar-refractivity contribution in [1.82, 2.24) is 30.0 Å². The smallest absolute Gasteiger partial charge is 0.234 e. The van der Waals surface area contributed by atoms with Crippen LogP contribution in [0, 0.1) is 6.92 Å². The first kappa shape index (κ1) is 16.6. The summed E-state index contributed by atoms with van der Waals surface area (Å²) in [7, 11) is 1.62. The molecule has 3 heterocycles. The van der Waals surface area contributed by atoms with Crippen LogP contribution in [0.2, 0.25) is 0 Å². The average Bonchev–Trinajstić information content (AvgIpc) is 2.96. The zero-order valence-corrected chi connectivity index (χ0v) is 14.1. The van der Waals surface area contributed by atoms with Gasteiger partial charge in [-0.15, -0.1) is 15.3 Å². The highest BCUT2D eigenvalue weighted by Gasteiger charge is 2.20. The molecule has 0 aliphatic carbocycles. The van der Waals surface area contributed by atoms with E-state index in [2.05, 4.69) is 30.4 Å². The van der Waals surface area contributed by atoms with Crippen LogP contribution in [-0.2, 0) is 9.53 Å². The van der Waals surface area contributed by atoms with Gasteiger partial charge < -0.3 is 15.0 Å². The van der Waals surface area contributed by atoms with Gasteiger partial charge in [-0.2, -0.15) is 4.52 Å². The molecule has 0 unspecified atom stereocenters. The third-order valence-electron chi connectivity index (χ3n) is 4.10. The van der Waals surface area contributed by atoms with Crippen molar-refractivity contribution in [2.45, 2.75) is 6.92 Å². The van der Waals surface area contributed by atoms with Crippen molar-refractivity contribution in [3.63, 3.8) is 0 Å². The first-order chi connectivity index (χ1) is 11.7. The fourth-order valence-electron chi connectivity index (χ4n) is 2.74. The average molecular weight is 333 g/mol. The molecule has 1 amide bonds. The number of ether oxygens (including phenoxy) is 1. The first-order valence-electron chi connectivity index (χ1n) is 8.09. The molecular weight excluding hydrogens is 310 g/mol. The highest BCUT2D eigenvalue weighted by molar-refractivity contribution is 5.78. The molecule has 3 rings (SSSR count). The molecule has 2 aromatic heterocycles. The van der Waals surface area contributed by atoms with Gasteiger partial charge in [0.25, 0.3) is 0 Å². The fourth-order valence-corrected chi connectivity index (χ4v) is 2.74. The number of methoxy groups -OCH3 is 1. The van der Waals surface area contributed by atoms with Crippen molar-refractivity contribution < 1.29 is 9.53 Å². The summed E-state index contributed by atoms with van der Waals surface area (Å²) in [6.45, 7) is 6.74. The summed E-state index contributed by atoms with van der Waals surface area (Å²) in [6.07, 6.45) is 0. The lowest BCUT2D eigenvalue weighted by molar-refractivity contribution is -0.122. The van der Waals surface area contributed by atoms with E-state index in [-0.39, 0.29) is 5.91 Å². The Bertz CT molecular complexity index is 694. The van der Waals surface area contributed by atoms with E-state index in [1.165, 1.54) is 0 Å². The summed E-state index contributed by atoms with van der Waals surface area (Å²) in [5.41, 5.74) is 0.752. The van der Waals surface area contributed by atoms with Crippen molar-refractivity contribution in [1.29, 1.82) is 0 Å². The van der Waals surface area contributed by atoms with Gasteiger partial charge in [-0.3, -0.25) is 9.69 Å². The van der Waals surface area contributed by atoms with E-state index in [9.17, 15) is 4.79 Å². The number of nitrogens with zero attached hydrogens (tertiary/aromatic N) is 6. The maximum atomic E-state index is 11.8. The van der Waals surface area contributed by atoms with Gasteiger partial charge in [-0.05, 0) is 19.1 Å². The third-order valence-corrected chi connectivity index (χ3v) is 4.10. The van der Waals surface area contributed by atoms with Crippen LogP contribution in [0.3, 0.4) is 0 Å². The minimum absolute atomic E-state index is 0.0418. The number of hydrogen-bond acceptors (Lipinski definition) is 7. The van der Waals surface area contributed by atoms with E-state index in [1.807, 2.05) is 19.1 Å². The number of rotatable bonds is 6. The van der Waals surface area contributed by atoms with Gasteiger partial charge in [0.05, 0.1) is 13.2 Å². The molecule has 1 aliphatic rings. The zero-order chi connectivity index (χ0) is 16.9. The molecule has 0 bridgehead atoms. The number of hydrogen-bond donors (Lipinski definition) is 1. The second-order valence-corrected chi connectivity index (χ2v) is 5.81. The Balaban J connectivity index is 1.52. The molecule has 0 radical (unpaired) electrons. The molecule has 9 heteroatoms. The van der Waals surface area contributed by atoms with E-state index >= 15 is 0 Å². The molecular formula is C15H23N7O2. The van der Waals surface area contributed by atoms with E-state index in [4.69, 9.17) is 4.74 Å². The monoisotopic (exact) mass is 333 g/mol. The summed E-state index contributed by atoms with van der Waals surface area (Å²) >= 11 is 0. The van der Waals surface area contributed by atoms with Crippen LogP contribution in [0.4, 0.5) is 5.82 Å². The first-order valence-corrected chi connectivity index (χ1v) is 8.09. The summed E-state index contributed by atoms with van der Waals surface area (Å²) in [5, 5.41) is 15.5. The predicted molar refractivity (Wildman–Crippen MR) is 89.1 cm³/mol. The summed E-state index contributed by atoms with van der Waals surface area (Å²) in [4.78, 5) is 16.2. The molecule has 1 saturated heterocycles. The molecule has 0 saturated carbocycles. The van der Waals surface area contributed by atoms with Gasteiger partial charge >= 0.3 is 0 Å². The number of carbonyl (C=O) groups excluding carboxylic acids is 1. The zero-order valence-electron chi connectivity index (χ0n) is 14.1. The molecule has 0 spiro atoms. The molecule has 1 aliphatic heterocycles. The van der Waals surface area contributed by atoms with Gasteiger partial charge in [0, 0.05) is 39.8 Å². The molecule has 1 fully saturated rings. The van der Waals surface area contributed by atoms with E-state index in [0.29, 0.717) is 19.7 Å². The second kappa shape index (κ2) is 7.54. The van der Waals surface area contributed by atoms with Crippen LogP contribution in [-0.4, -0.2) is 83.6 Å². The van der Waals surface area contributed by atoms with Crippen LogP contribution in [0.1, 0.15) is 5.82 Å². The Hall–Kier alpha value is -2.26. The van der Waals surface area contributed by atoms with Crippen LogP contribution in [0.25, 0.3) is 5.65 Å². The molecule has 130 valence electrons. The Kier molecular flexibility index (Phi) is 5.21. The lowest BCUT2D eigenvalue weighted by atomic mass is 10.3. The van der Waals surface area contributed by atoms with Crippen LogP contribution in [0.15, 0.2) is 12.1 Å². The Morgan fingerprint density at radius 1 is 1.25 bits per heavy atom. The minimum atomic E-state index is 0.0418. The molecule has 2 aromatic rings. The topological polar surface area (TPSA) is 87.9 Å².